The summed E-state index contributed by atoms with van der Waals surface area (Å²) in [6, 6.07) is 8.69. The fraction of sp³-hybridized carbons (Fsp3) is 0.562. The summed E-state index contributed by atoms with van der Waals surface area (Å²) in [5, 5.41) is 0. The Kier molecular flexibility index (Phi) is 3.92. The number of rotatable bonds is 2. The largest absolute Gasteiger partial charge is 0.492 e. The fourth-order valence-corrected chi connectivity index (χ4v) is 3.21. The quantitative estimate of drug-likeness (QED) is 0.773. The number of carbonyl (C=O) groups is 1. The van der Waals surface area contributed by atoms with Crippen LogP contribution >= 0.6 is 0 Å². The first kappa shape index (κ1) is 13.4. The number of piperidine rings is 1. The first-order valence-corrected chi connectivity index (χ1v) is 7.30. The van der Waals surface area contributed by atoms with Gasteiger partial charge >= 0.3 is 5.97 Å². The van der Waals surface area contributed by atoms with Gasteiger partial charge in [0.15, 0.2) is 0 Å². The summed E-state index contributed by atoms with van der Waals surface area (Å²) >= 11 is 0. The van der Waals surface area contributed by atoms with Crippen molar-refractivity contribution in [2.45, 2.75) is 25.3 Å². The van der Waals surface area contributed by atoms with Crippen LogP contribution < -0.4 is 4.74 Å². The third-order valence-corrected chi connectivity index (χ3v) is 4.44. The van der Waals surface area contributed by atoms with Crippen molar-refractivity contribution in [1.82, 2.24) is 4.90 Å². The van der Waals surface area contributed by atoms with Crippen LogP contribution in [-0.4, -0.2) is 43.7 Å². The van der Waals surface area contributed by atoms with Crippen LogP contribution in [0, 0.1) is 5.92 Å². The molecule has 0 aromatic heterocycles. The summed E-state index contributed by atoms with van der Waals surface area (Å²) in [5.74, 6) is 1.04. The highest BCUT2D eigenvalue weighted by Crippen LogP contribution is 2.28. The molecule has 20 heavy (non-hydrogen) atoms. The third-order valence-electron chi connectivity index (χ3n) is 4.44. The van der Waals surface area contributed by atoms with Crippen LogP contribution in [0.1, 0.15) is 18.4 Å². The molecule has 1 atom stereocenters. The Labute approximate surface area is 119 Å². The smallest absolute Gasteiger partial charge is 0.308 e. The molecule has 0 saturated carbocycles. The first-order chi connectivity index (χ1) is 9.78. The van der Waals surface area contributed by atoms with Crippen LogP contribution in [0.25, 0.3) is 0 Å². The zero-order valence-electron chi connectivity index (χ0n) is 11.9. The normalized spacial score (nSPS) is 23.8. The molecule has 1 fully saturated rings. The van der Waals surface area contributed by atoms with Crippen molar-refractivity contribution in [1.29, 1.82) is 0 Å². The van der Waals surface area contributed by atoms with Gasteiger partial charge in [-0.05, 0) is 44.0 Å². The Hall–Kier alpha value is -1.55. The van der Waals surface area contributed by atoms with E-state index in [0.29, 0.717) is 6.04 Å². The summed E-state index contributed by atoms with van der Waals surface area (Å²) in [4.78, 5) is 14.0. The van der Waals surface area contributed by atoms with Gasteiger partial charge in [-0.2, -0.15) is 0 Å². The van der Waals surface area contributed by atoms with Gasteiger partial charge in [0.25, 0.3) is 0 Å². The van der Waals surface area contributed by atoms with Gasteiger partial charge in [0.05, 0.1) is 13.0 Å². The molecule has 2 aliphatic rings. The second kappa shape index (κ2) is 5.83. The van der Waals surface area contributed by atoms with Crippen LogP contribution in [0.15, 0.2) is 24.3 Å². The summed E-state index contributed by atoms with van der Waals surface area (Å²) in [5.41, 5.74) is 1.29. The maximum atomic E-state index is 11.5. The number of ether oxygens (including phenoxy) is 2. The molecule has 0 aliphatic carbocycles. The highest BCUT2D eigenvalue weighted by Gasteiger charge is 2.31. The minimum atomic E-state index is -0.0603. The van der Waals surface area contributed by atoms with E-state index in [4.69, 9.17) is 9.47 Å². The minimum Gasteiger partial charge on any atom is -0.492 e. The Morgan fingerprint density at radius 3 is 2.80 bits per heavy atom. The van der Waals surface area contributed by atoms with Crippen molar-refractivity contribution in [2.75, 3.05) is 26.8 Å². The molecule has 0 unspecified atom stereocenters. The topological polar surface area (TPSA) is 38.8 Å². The van der Waals surface area contributed by atoms with Gasteiger partial charge in [0.1, 0.15) is 12.4 Å². The molecule has 1 aromatic rings. The lowest BCUT2D eigenvalue weighted by atomic mass is 9.94. The molecule has 0 spiro atoms. The van der Waals surface area contributed by atoms with Crippen molar-refractivity contribution >= 4 is 5.97 Å². The number of likely N-dealkylation sites (tertiary alicyclic amines) is 1. The highest BCUT2D eigenvalue weighted by atomic mass is 16.5. The zero-order chi connectivity index (χ0) is 13.9. The number of hydrogen-bond donors (Lipinski definition) is 0. The summed E-state index contributed by atoms with van der Waals surface area (Å²) < 4.78 is 10.7. The fourth-order valence-electron chi connectivity index (χ4n) is 3.21. The monoisotopic (exact) mass is 275 g/mol. The van der Waals surface area contributed by atoms with E-state index in [-0.39, 0.29) is 11.9 Å². The van der Waals surface area contributed by atoms with E-state index in [2.05, 4.69) is 17.0 Å². The Morgan fingerprint density at radius 2 is 2.05 bits per heavy atom. The number of benzene rings is 1. The van der Waals surface area contributed by atoms with E-state index in [1.807, 2.05) is 12.1 Å². The van der Waals surface area contributed by atoms with E-state index in [1.165, 1.54) is 12.7 Å². The Bertz CT molecular complexity index is 480. The molecule has 0 amide bonds. The van der Waals surface area contributed by atoms with E-state index in [0.717, 1.165) is 44.7 Å². The van der Waals surface area contributed by atoms with Crippen LogP contribution in [0.4, 0.5) is 0 Å². The predicted molar refractivity (Wildman–Crippen MR) is 75.7 cm³/mol. The number of esters is 1. The maximum absolute atomic E-state index is 11.5. The second-order valence-corrected chi connectivity index (χ2v) is 5.61. The first-order valence-electron chi connectivity index (χ1n) is 7.30. The van der Waals surface area contributed by atoms with Crippen LogP contribution in [0.5, 0.6) is 5.75 Å². The molecular weight excluding hydrogens is 254 g/mol. The molecule has 1 aromatic carbocycles. The summed E-state index contributed by atoms with van der Waals surface area (Å²) in [6.07, 6.45) is 2.83. The van der Waals surface area contributed by atoms with Crippen LogP contribution in [0.2, 0.25) is 0 Å². The van der Waals surface area contributed by atoms with Crippen molar-refractivity contribution in [3.8, 4) is 5.75 Å². The van der Waals surface area contributed by atoms with Gasteiger partial charge in [-0.3, -0.25) is 9.69 Å². The standard InChI is InChI=1S/C16H21NO3/c1-19-16(18)12-6-8-17(9-7-12)14-10-13-4-2-3-5-15(13)20-11-14/h2-5,12,14H,6-11H2,1H3/t14-/m1/s1. The van der Waals surface area contributed by atoms with Crippen molar-refractivity contribution in [3.05, 3.63) is 29.8 Å². The number of para-hydroxylation sites is 1. The average molecular weight is 275 g/mol. The molecule has 1 saturated heterocycles. The van der Waals surface area contributed by atoms with E-state index < -0.39 is 0 Å². The van der Waals surface area contributed by atoms with Gasteiger partial charge < -0.3 is 9.47 Å². The van der Waals surface area contributed by atoms with Crippen molar-refractivity contribution in [2.24, 2.45) is 5.92 Å². The van der Waals surface area contributed by atoms with Crippen molar-refractivity contribution in [3.63, 3.8) is 0 Å². The van der Waals surface area contributed by atoms with Gasteiger partial charge in [-0.25, -0.2) is 0 Å². The molecule has 4 heteroatoms. The number of carbonyl (C=O) groups excluding carboxylic acids is 1. The summed E-state index contributed by atoms with van der Waals surface area (Å²) in [7, 11) is 1.47. The van der Waals surface area contributed by atoms with E-state index in [9.17, 15) is 4.79 Å². The van der Waals surface area contributed by atoms with Gasteiger partial charge in [0, 0.05) is 6.04 Å². The SMILES string of the molecule is COC(=O)C1CCN([C@H]2COc3ccccc3C2)CC1. The van der Waals surface area contributed by atoms with Gasteiger partial charge in [0.2, 0.25) is 0 Å². The van der Waals surface area contributed by atoms with E-state index >= 15 is 0 Å². The van der Waals surface area contributed by atoms with Gasteiger partial charge in [-0.15, -0.1) is 0 Å². The van der Waals surface area contributed by atoms with Crippen molar-refractivity contribution < 1.29 is 14.3 Å². The molecule has 3 rings (SSSR count). The predicted octanol–water partition coefficient (Wildman–Crippen LogP) is 1.88. The lowest BCUT2D eigenvalue weighted by molar-refractivity contribution is -0.147. The molecule has 2 aliphatic heterocycles. The zero-order valence-corrected chi connectivity index (χ0v) is 11.9. The Morgan fingerprint density at radius 1 is 1.30 bits per heavy atom. The minimum absolute atomic E-state index is 0.0603. The summed E-state index contributed by atoms with van der Waals surface area (Å²) in [6.45, 7) is 2.66. The van der Waals surface area contributed by atoms with Crippen LogP contribution in [-0.2, 0) is 16.0 Å². The molecule has 0 radical (unpaired) electrons. The molecule has 0 bridgehead atoms. The van der Waals surface area contributed by atoms with E-state index in [1.54, 1.807) is 0 Å². The third kappa shape index (κ3) is 2.66. The highest BCUT2D eigenvalue weighted by molar-refractivity contribution is 5.72. The molecule has 2 heterocycles. The van der Waals surface area contributed by atoms with Gasteiger partial charge in [-0.1, -0.05) is 18.2 Å². The second-order valence-electron chi connectivity index (χ2n) is 5.61. The number of methoxy groups -OCH3 is 1. The lowest BCUT2D eigenvalue weighted by Crippen LogP contribution is -2.47. The van der Waals surface area contributed by atoms with Crippen LogP contribution in [0.3, 0.4) is 0 Å². The lowest BCUT2D eigenvalue weighted by Gasteiger charge is -2.38. The maximum Gasteiger partial charge on any atom is 0.308 e. The number of fused-ring (bicyclic) bond motifs is 1. The molecule has 0 N–H and O–H groups in total. The average Bonchev–Trinajstić information content (AvgIpc) is 2.54. The molecular formula is C16H21NO3. The number of hydrogen-bond acceptors (Lipinski definition) is 4. The molecule has 108 valence electrons. The molecule has 4 nitrogen and oxygen atoms in total. The number of nitrogens with zero attached hydrogens (tertiary/aromatic N) is 1. The Balaban J connectivity index is 1.59.